The van der Waals surface area contributed by atoms with Gasteiger partial charge in [0.2, 0.25) is 5.91 Å². The Morgan fingerprint density at radius 3 is 1.65 bits per heavy atom. The van der Waals surface area contributed by atoms with Crippen molar-refractivity contribution >= 4 is 21.1 Å². The van der Waals surface area contributed by atoms with Crippen LogP contribution in [-0.4, -0.2) is 52.3 Å². The van der Waals surface area contributed by atoms with Gasteiger partial charge in [-0.1, -0.05) is 20.8 Å². The SMILES string of the molecule is CCC(C)(P(=O)(O)O)P(=O)(O)O.CCCNC(=O)CC.c1cnnnc1. The van der Waals surface area contributed by atoms with Crippen LogP contribution in [0.3, 0.4) is 0 Å². The van der Waals surface area contributed by atoms with Gasteiger partial charge in [-0.15, -0.1) is 10.2 Å². The van der Waals surface area contributed by atoms with E-state index >= 15 is 0 Å². The molecule has 0 radical (unpaired) electrons. The predicted molar refractivity (Wildman–Crippen MR) is 96.2 cm³/mol. The minimum Gasteiger partial charge on any atom is -0.356 e. The molecule has 0 aliphatic carbocycles. The molecule has 0 fully saturated rings. The lowest BCUT2D eigenvalue weighted by Crippen LogP contribution is -2.23. The molecule has 1 heterocycles. The van der Waals surface area contributed by atoms with Crippen LogP contribution in [0.15, 0.2) is 18.5 Å². The summed E-state index contributed by atoms with van der Waals surface area (Å²) in [6.45, 7) is 6.90. The van der Waals surface area contributed by atoms with E-state index in [1.165, 1.54) is 6.92 Å². The van der Waals surface area contributed by atoms with Crippen LogP contribution in [0, 0.1) is 0 Å². The Hall–Kier alpha value is -1.22. The fourth-order valence-electron chi connectivity index (χ4n) is 1.18. The van der Waals surface area contributed by atoms with E-state index < -0.39 is 20.1 Å². The van der Waals surface area contributed by atoms with Crippen LogP contribution in [0.5, 0.6) is 0 Å². The highest BCUT2D eigenvalue weighted by atomic mass is 31.2. The number of carbonyl (C=O) groups is 1. The Morgan fingerprint density at radius 2 is 1.50 bits per heavy atom. The van der Waals surface area contributed by atoms with E-state index in [1.54, 1.807) is 18.5 Å². The zero-order valence-electron chi connectivity index (χ0n) is 15.3. The molecule has 152 valence electrons. The molecule has 0 unspecified atom stereocenters. The summed E-state index contributed by atoms with van der Waals surface area (Å²) in [7, 11) is -9.54. The van der Waals surface area contributed by atoms with Crippen molar-refractivity contribution in [1.82, 2.24) is 20.7 Å². The largest absolute Gasteiger partial charge is 0.356 e. The number of rotatable bonds is 6. The number of hydrogen-bond acceptors (Lipinski definition) is 6. The van der Waals surface area contributed by atoms with E-state index in [0.29, 0.717) is 6.42 Å². The van der Waals surface area contributed by atoms with E-state index in [1.807, 2.05) is 13.8 Å². The third kappa shape index (κ3) is 10.7. The van der Waals surface area contributed by atoms with E-state index in [0.717, 1.165) is 19.9 Å². The molecule has 0 atom stereocenters. The first-order valence-corrected chi connectivity index (χ1v) is 11.1. The summed E-state index contributed by atoms with van der Waals surface area (Å²) < 4.78 is 21.5. The van der Waals surface area contributed by atoms with E-state index in [4.69, 9.17) is 19.6 Å². The highest BCUT2D eigenvalue weighted by Gasteiger charge is 2.54. The van der Waals surface area contributed by atoms with Crippen molar-refractivity contribution in [1.29, 1.82) is 0 Å². The molecule has 13 heteroatoms. The van der Waals surface area contributed by atoms with Gasteiger partial charge >= 0.3 is 15.2 Å². The normalized spacial score (nSPS) is 11.4. The summed E-state index contributed by atoms with van der Waals surface area (Å²) in [6, 6.07) is 1.72. The van der Waals surface area contributed by atoms with E-state index in [9.17, 15) is 13.9 Å². The topological polar surface area (TPSA) is 183 Å². The summed E-state index contributed by atoms with van der Waals surface area (Å²) in [4.78, 5) is 43.0. The van der Waals surface area contributed by atoms with Gasteiger partial charge in [0.15, 0.2) is 4.90 Å². The van der Waals surface area contributed by atoms with Crippen LogP contribution in [-0.2, 0) is 13.9 Å². The van der Waals surface area contributed by atoms with Crippen LogP contribution in [0.2, 0.25) is 0 Å². The highest BCUT2D eigenvalue weighted by Crippen LogP contribution is 2.70. The minimum atomic E-state index is -4.77. The van der Waals surface area contributed by atoms with Gasteiger partial charge in [0, 0.05) is 13.0 Å². The molecular weight excluding hydrogens is 386 g/mol. The molecule has 11 nitrogen and oxygen atoms in total. The fourth-order valence-corrected chi connectivity index (χ4v) is 3.36. The first-order valence-electron chi connectivity index (χ1n) is 7.83. The van der Waals surface area contributed by atoms with Crippen molar-refractivity contribution < 1.29 is 33.5 Å². The van der Waals surface area contributed by atoms with Crippen LogP contribution in [0.1, 0.15) is 47.0 Å². The van der Waals surface area contributed by atoms with Crippen LogP contribution < -0.4 is 5.32 Å². The lowest BCUT2D eigenvalue weighted by molar-refractivity contribution is -0.120. The quantitative estimate of drug-likeness (QED) is 0.425. The van der Waals surface area contributed by atoms with Gasteiger partial charge < -0.3 is 24.9 Å². The Balaban J connectivity index is 0. The average Bonchev–Trinajstić information content (AvgIpc) is 2.59. The molecular formula is C13H28N4O7P2. The van der Waals surface area contributed by atoms with Crippen molar-refractivity contribution in [3.05, 3.63) is 18.5 Å². The molecule has 1 aromatic rings. The number of nitrogens with zero attached hydrogens (tertiary/aromatic N) is 3. The number of aromatic nitrogens is 3. The Bertz CT molecular complexity index is 543. The summed E-state index contributed by atoms with van der Waals surface area (Å²) >= 11 is 0. The van der Waals surface area contributed by atoms with Gasteiger partial charge in [-0.05, 0) is 31.0 Å². The maximum atomic E-state index is 10.7. The second kappa shape index (κ2) is 13.0. The molecule has 0 spiro atoms. The van der Waals surface area contributed by atoms with E-state index in [2.05, 4.69) is 20.7 Å². The predicted octanol–water partition coefficient (Wildman–Crippen LogP) is 1.26. The molecule has 5 N–H and O–H groups in total. The van der Waals surface area contributed by atoms with Gasteiger partial charge in [-0.2, -0.15) is 0 Å². The van der Waals surface area contributed by atoms with Crippen molar-refractivity contribution in [3.8, 4) is 0 Å². The maximum absolute atomic E-state index is 10.7. The average molecular weight is 414 g/mol. The lowest BCUT2D eigenvalue weighted by atomic mass is 10.4. The van der Waals surface area contributed by atoms with Crippen LogP contribution in [0.4, 0.5) is 0 Å². The molecule has 0 aliphatic heterocycles. The standard InChI is InChI=1S/C6H13NO.C4H12O6P2.C3H3N3/c1-3-5-7-6(8)4-2;1-3-4(2,11(5,6)7)12(8,9)10;1-2-4-6-5-3-1/h3-5H2,1-2H3,(H,7,8);3H2,1-2H3,(H2,5,6,7)(H2,8,9,10);1-3H. The molecule has 0 aromatic carbocycles. The lowest BCUT2D eigenvalue weighted by Gasteiger charge is -2.29. The fraction of sp³-hybridized carbons (Fsp3) is 0.692. The molecule has 0 aliphatic rings. The zero-order valence-corrected chi connectivity index (χ0v) is 17.1. The third-order valence-corrected chi connectivity index (χ3v) is 7.93. The van der Waals surface area contributed by atoms with Gasteiger partial charge in [0.25, 0.3) is 0 Å². The maximum Gasteiger partial charge on any atom is 0.343 e. The molecule has 1 rings (SSSR count). The molecule has 0 saturated heterocycles. The molecule has 1 aromatic heterocycles. The van der Waals surface area contributed by atoms with E-state index in [-0.39, 0.29) is 12.3 Å². The summed E-state index contributed by atoms with van der Waals surface area (Å²) in [5.74, 6) is 0.145. The van der Waals surface area contributed by atoms with Crippen molar-refractivity contribution in [3.63, 3.8) is 0 Å². The van der Waals surface area contributed by atoms with Gasteiger partial charge in [-0.25, -0.2) is 0 Å². The summed E-state index contributed by atoms with van der Waals surface area (Å²) in [5.41, 5.74) is 0. The molecule has 26 heavy (non-hydrogen) atoms. The molecule has 0 saturated carbocycles. The summed E-state index contributed by atoms with van der Waals surface area (Å²) in [6.07, 6.45) is 4.49. The second-order valence-corrected chi connectivity index (χ2v) is 9.68. The first kappa shape index (κ1) is 27.0. The number of carbonyl (C=O) groups excluding carboxylic acids is 1. The molecule has 1 amide bonds. The zero-order chi connectivity index (χ0) is 20.9. The van der Waals surface area contributed by atoms with Crippen molar-refractivity contribution in [2.45, 2.75) is 51.9 Å². The minimum absolute atomic E-state index is 0.145. The van der Waals surface area contributed by atoms with Gasteiger partial charge in [0.1, 0.15) is 0 Å². The van der Waals surface area contributed by atoms with Gasteiger partial charge in [0.05, 0.1) is 12.4 Å². The third-order valence-electron chi connectivity index (χ3n) is 3.23. The Morgan fingerprint density at radius 1 is 1.04 bits per heavy atom. The Kier molecular flexibility index (Phi) is 13.5. The number of hydrogen-bond donors (Lipinski definition) is 5. The number of nitrogens with one attached hydrogen (secondary N) is 1. The van der Waals surface area contributed by atoms with Crippen LogP contribution >= 0.6 is 15.2 Å². The summed E-state index contributed by atoms with van der Waals surface area (Å²) in [5, 5.41) is 12.9. The van der Waals surface area contributed by atoms with Crippen LogP contribution in [0.25, 0.3) is 0 Å². The van der Waals surface area contributed by atoms with Crippen molar-refractivity contribution in [2.24, 2.45) is 0 Å². The number of amides is 1. The van der Waals surface area contributed by atoms with Crippen molar-refractivity contribution in [2.75, 3.05) is 6.54 Å². The van der Waals surface area contributed by atoms with Gasteiger partial charge in [-0.3, -0.25) is 13.9 Å². The Labute approximate surface area is 153 Å². The monoisotopic (exact) mass is 414 g/mol. The first-order chi connectivity index (χ1) is 11.9. The molecule has 0 bridgehead atoms. The smallest absolute Gasteiger partial charge is 0.343 e. The second-order valence-electron chi connectivity index (χ2n) is 5.17. The highest BCUT2D eigenvalue weighted by molar-refractivity contribution is 7.72.